The second-order valence-electron chi connectivity index (χ2n) is 10.3. The van der Waals surface area contributed by atoms with Gasteiger partial charge in [-0.2, -0.15) is 5.26 Å². The maximum absolute atomic E-state index is 13.5. The fraction of sp³-hybridized carbons (Fsp3) is 0.593. The van der Waals surface area contributed by atoms with E-state index in [4.69, 9.17) is 17.0 Å². The molecule has 1 amide bonds. The Labute approximate surface area is 244 Å². The van der Waals surface area contributed by atoms with E-state index in [1.165, 1.54) is 4.90 Å². The maximum atomic E-state index is 13.5. The molecule has 216 valence electrons. The summed E-state index contributed by atoms with van der Waals surface area (Å²) in [5, 5.41) is 9.90. The standard InChI is InChI=1S/C27H34N4O6S3/c1-4-6-10-30-23(29-11-7-18(8-12-29)26(34)37-5-2)20(17(3)21(15-28)24(30)32)14-22-25(33)31(27(38)39-22)19-9-13-40(35,36)16-19/h14,18-19H,4-13,16H2,1-3H3/b22-14+. The van der Waals surface area contributed by atoms with Crippen LogP contribution in [0.4, 0.5) is 5.82 Å². The molecule has 3 fully saturated rings. The van der Waals surface area contributed by atoms with Crippen molar-refractivity contribution in [3.05, 3.63) is 31.9 Å². The minimum Gasteiger partial charge on any atom is -0.466 e. The lowest BCUT2D eigenvalue weighted by atomic mass is 9.95. The van der Waals surface area contributed by atoms with Gasteiger partial charge in [-0.3, -0.25) is 23.9 Å². The summed E-state index contributed by atoms with van der Waals surface area (Å²) < 4.78 is 31.3. The summed E-state index contributed by atoms with van der Waals surface area (Å²) >= 11 is 6.60. The molecule has 0 spiro atoms. The van der Waals surface area contributed by atoms with Crippen LogP contribution >= 0.6 is 24.0 Å². The minimum absolute atomic E-state index is 0.0184. The van der Waals surface area contributed by atoms with E-state index < -0.39 is 15.9 Å². The molecule has 13 heteroatoms. The molecule has 1 aromatic heterocycles. The van der Waals surface area contributed by atoms with E-state index in [2.05, 4.69) is 11.0 Å². The van der Waals surface area contributed by atoms with Crippen molar-refractivity contribution in [3.63, 3.8) is 0 Å². The molecule has 0 radical (unpaired) electrons. The molecule has 0 aliphatic carbocycles. The number of carbonyl (C=O) groups excluding carboxylic acids is 2. The van der Waals surface area contributed by atoms with E-state index in [-0.39, 0.29) is 40.4 Å². The Balaban J connectivity index is 1.78. The molecule has 40 heavy (non-hydrogen) atoms. The number of anilines is 1. The first-order valence-electron chi connectivity index (χ1n) is 13.6. The minimum atomic E-state index is -3.22. The summed E-state index contributed by atoms with van der Waals surface area (Å²) in [7, 11) is -3.22. The number of hydrogen-bond donors (Lipinski definition) is 0. The molecule has 3 aliphatic heterocycles. The zero-order valence-electron chi connectivity index (χ0n) is 23.0. The largest absolute Gasteiger partial charge is 0.466 e. The molecule has 3 saturated heterocycles. The smallest absolute Gasteiger partial charge is 0.309 e. The lowest BCUT2D eigenvalue weighted by Gasteiger charge is -2.35. The molecule has 0 bridgehead atoms. The number of sulfone groups is 1. The van der Waals surface area contributed by atoms with E-state index in [1.807, 2.05) is 6.92 Å². The molecule has 1 aromatic rings. The van der Waals surface area contributed by atoms with Gasteiger partial charge >= 0.3 is 5.97 Å². The van der Waals surface area contributed by atoms with Crippen LogP contribution in [0.3, 0.4) is 0 Å². The van der Waals surface area contributed by atoms with Gasteiger partial charge in [0.05, 0.1) is 35.0 Å². The third kappa shape index (κ3) is 5.99. The Hall–Kier alpha value is -2.69. The first-order chi connectivity index (χ1) is 19.0. The molecular weight excluding hydrogens is 573 g/mol. The monoisotopic (exact) mass is 606 g/mol. The number of piperidine rings is 1. The van der Waals surface area contributed by atoms with Crippen molar-refractivity contribution in [1.82, 2.24) is 9.47 Å². The summed E-state index contributed by atoms with van der Waals surface area (Å²) in [6, 6.07) is 1.56. The highest BCUT2D eigenvalue weighted by Gasteiger charge is 2.42. The Bertz CT molecular complexity index is 1450. The number of unbranched alkanes of at least 4 members (excludes halogenated alkanes) is 1. The van der Waals surface area contributed by atoms with E-state index >= 15 is 0 Å². The molecule has 10 nitrogen and oxygen atoms in total. The van der Waals surface area contributed by atoms with Crippen LogP contribution in [-0.2, 0) is 30.7 Å². The van der Waals surface area contributed by atoms with Crippen molar-refractivity contribution < 1.29 is 22.7 Å². The molecule has 4 heterocycles. The second kappa shape index (κ2) is 12.4. The number of thioether (sulfide) groups is 1. The predicted octanol–water partition coefficient (Wildman–Crippen LogP) is 3.00. The van der Waals surface area contributed by atoms with Gasteiger partial charge in [-0.25, -0.2) is 8.42 Å². The van der Waals surface area contributed by atoms with Crippen LogP contribution in [0, 0.1) is 24.2 Å². The van der Waals surface area contributed by atoms with Crippen LogP contribution < -0.4 is 10.5 Å². The van der Waals surface area contributed by atoms with Crippen molar-refractivity contribution >= 4 is 61.9 Å². The number of hydrogen-bond acceptors (Lipinski definition) is 10. The highest BCUT2D eigenvalue weighted by molar-refractivity contribution is 8.26. The van der Waals surface area contributed by atoms with Crippen LogP contribution in [0.2, 0.25) is 0 Å². The number of thiocarbonyl (C=S) groups is 1. The number of carbonyl (C=O) groups is 2. The highest BCUT2D eigenvalue weighted by atomic mass is 32.2. The Morgan fingerprint density at radius 2 is 1.93 bits per heavy atom. The van der Waals surface area contributed by atoms with E-state index in [0.717, 1.165) is 24.6 Å². The Morgan fingerprint density at radius 1 is 1.23 bits per heavy atom. The summed E-state index contributed by atoms with van der Waals surface area (Å²) in [5.74, 6) is -0.299. The third-order valence-electron chi connectivity index (χ3n) is 7.67. The fourth-order valence-electron chi connectivity index (χ4n) is 5.50. The Kier molecular flexibility index (Phi) is 9.42. The lowest BCUT2D eigenvalue weighted by molar-refractivity contribution is -0.148. The quantitative estimate of drug-likeness (QED) is 0.247. The summed E-state index contributed by atoms with van der Waals surface area (Å²) in [6.45, 7) is 7.22. The molecule has 0 aromatic carbocycles. The lowest BCUT2D eigenvalue weighted by Crippen LogP contribution is -2.41. The van der Waals surface area contributed by atoms with Crippen LogP contribution in [0.5, 0.6) is 0 Å². The molecule has 0 saturated carbocycles. The van der Waals surface area contributed by atoms with E-state index in [0.29, 0.717) is 71.7 Å². The van der Waals surface area contributed by atoms with Gasteiger partial charge in [0.2, 0.25) is 0 Å². The second-order valence-corrected chi connectivity index (χ2v) is 14.2. The molecule has 0 N–H and O–H groups in total. The first-order valence-corrected chi connectivity index (χ1v) is 16.6. The number of aromatic nitrogens is 1. The van der Waals surface area contributed by atoms with Crippen LogP contribution in [0.1, 0.15) is 62.6 Å². The molecule has 4 rings (SSSR count). The van der Waals surface area contributed by atoms with Crippen molar-refractivity contribution in [2.45, 2.75) is 65.5 Å². The zero-order chi connectivity index (χ0) is 29.2. The SMILES string of the molecule is CCCCn1c(N2CCC(C(=O)OCC)CC2)c(/C=C2/SC(=S)N(C3CCS(=O)(=O)C3)C2=O)c(C)c(C#N)c1=O. The summed E-state index contributed by atoms with van der Waals surface area (Å²) in [5.41, 5.74) is 0.694. The average Bonchev–Trinajstić information content (AvgIpc) is 3.41. The number of esters is 1. The van der Waals surface area contributed by atoms with Gasteiger partial charge in [0, 0.05) is 25.2 Å². The molecule has 1 unspecified atom stereocenters. The van der Waals surface area contributed by atoms with Gasteiger partial charge in [-0.05, 0) is 51.2 Å². The van der Waals surface area contributed by atoms with Gasteiger partial charge in [0.1, 0.15) is 21.8 Å². The van der Waals surface area contributed by atoms with Gasteiger partial charge in [-0.1, -0.05) is 37.3 Å². The van der Waals surface area contributed by atoms with Crippen LogP contribution in [0.25, 0.3) is 6.08 Å². The number of amides is 1. The van der Waals surface area contributed by atoms with Gasteiger partial charge in [0.15, 0.2) is 9.84 Å². The average molecular weight is 607 g/mol. The molecule has 1 atom stereocenters. The molecule has 3 aliphatic rings. The van der Waals surface area contributed by atoms with E-state index in [9.17, 15) is 28.1 Å². The highest BCUT2D eigenvalue weighted by Crippen LogP contribution is 2.39. The number of nitrogens with zero attached hydrogens (tertiary/aromatic N) is 4. The van der Waals surface area contributed by atoms with Crippen molar-refractivity contribution in [1.29, 1.82) is 5.26 Å². The topological polar surface area (TPSA) is 130 Å². The van der Waals surface area contributed by atoms with Gasteiger partial charge < -0.3 is 9.64 Å². The number of rotatable bonds is 8. The fourth-order valence-corrected chi connectivity index (χ4v) is 8.58. The molecular formula is C27H34N4O6S3. The van der Waals surface area contributed by atoms with Crippen LogP contribution in [0.15, 0.2) is 9.70 Å². The predicted molar refractivity (Wildman–Crippen MR) is 159 cm³/mol. The van der Waals surface area contributed by atoms with Gasteiger partial charge in [-0.15, -0.1) is 0 Å². The first kappa shape index (κ1) is 30.3. The maximum Gasteiger partial charge on any atom is 0.309 e. The van der Waals surface area contributed by atoms with Gasteiger partial charge in [0.25, 0.3) is 11.5 Å². The van der Waals surface area contributed by atoms with Crippen molar-refractivity contribution in [2.24, 2.45) is 5.92 Å². The Morgan fingerprint density at radius 3 is 2.50 bits per heavy atom. The van der Waals surface area contributed by atoms with Crippen LogP contribution in [-0.4, -0.2) is 71.3 Å². The third-order valence-corrected chi connectivity index (χ3v) is 10.7. The normalized spacial score (nSPS) is 22.2. The number of ether oxygens (including phenoxy) is 1. The zero-order valence-corrected chi connectivity index (χ0v) is 25.4. The summed E-state index contributed by atoms with van der Waals surface area (Å²) in [4.78, 5) is 43.2. The van der Waals surface area contributed by atoms with E-state index in [1.54, 1.807) is 24.5 Å². The number of nitriles is 1. The summed E-state index contributed by atoms with van der Waals surface area (Å²) in [6.07, 6.45) is 4.69. The van der Waals surface area contributed by atoms with Crippen molar-refractivity contribution in [3.8, 4) is 6.07 Å². The van der Waals surface area contributed by atoms with Crippen molar-refractivity contribution in [2.75, 3.05) is 36.1 Å². The number of pyridine rings is 1.